The molecule has 0 unspecified atom stereocenters. The summed E-state index contributed by atoms with van der Waals surface area (Å²) in [7, 11) is 1.42. The van der Waals surface area contributed by atoms with E-state index in [9.17, 15) is 23.1 Å². The predicted molar refractivity (Wildman–Crippen MR) is 110 cm³/mol. The van der Waals surface area contributed by atoms with Crippen molar-refractivity contribution in [1.29, 1.82) is 0 Å². The molecule has 0 saturated heterocycles. The van der Waals surface area contributed by atoms with E-state index in [0.717, 1.165) is 17.0 Å². The number of phenolic OH excluding ortho intramolecular Hbond substituents is 1. The minimum Gasteiger partial charge on any atom is -0.506 e. The number of ether oxygens (including phenoxy) is 1. The van der Waals surface area contributed by atoms with Gasteiger partial charge in [-0.15, -0.1) is 13.2 Å². The number of benzene rings is 2. The van der Waals surface area contributed by atoms with Gasteiger partial charge in [0.15, 0.2) is 0 Å². The fourth-order valence-electron chi connectivity index (χ4n) is 2.42. The number of anilines is 1. The zero-order valence-corrected chi connectivity index (χ0v) is 18.2. The molecule has 1 aliphatic heterocycles. The molecule has 0 saturated carbocycles. The Kier molecular flexibility index (Phi) is 6.36. The summed E-state index contributed by atoms with van der Waals surface area (Å²) in [6, 6.07) is 8.02. The Bertz CT molecular complexity index is 1020. The van der Waals surface area contributed by atoms with Gasteiger partial charge in [-0.3, -0.25) is 4.79 Å². The number of oxime groups is 1. The van der Waals surface area contributed by atoms with Crippen molar-refractivity contribution in [3.05, 3.63) is 50.9 Å². The van der Waals surface area contributed by atoms with Crippen LogP contribution in [0, 0.1) is 0 Å². The summed E-state index contributed by atoms with van der Waals surface area (Å²) < 4.78 is 41.4. The fraction of sp³-hybridized carbons (Fsp3) is 0.167. The third kappa shape index (κ3) is 5.11. The molecule has 1 amide bonds. The number of nitrogens with zero attached hydrogens (tertiary/aromatic N) is 3. The molecule has 3 rings (SSSR count). The van der Waals surface area contributed by atoms with E-state index in [1.807, 2.05) is 0 Å². The molecule has 0 spiro atoms. The van der Waals surface area contributed by atoms with E-state index in [1.54, 1.807) is 12.1 Å². The largest absolute Gasteiger partial charge is 0.573 e. The van der Waals surface area contributed by atoms with Gasteiger partial charge in [0.1, 0.15) is 17.2 Å². The van der Waals surface area contributed by atoms with Crippen LogP contribution in [-0.2, 0) is 9.63 Å². The van der Waals surface area contributed by atoms with E-state index in [0.29, 0.717) is 25.9 Å². The van der Waals surface area contributed by atoms with Crippen molar-refractivity contribution in [1.82, 2.24) is 0 Å². The van der Waals surface area contributed by atoms with Crippen molar-refractivity contribution >= 4 is 55.1 Å². The Morgan fingerprint density at radius 3 is 2.30 bits per heavy atom. The number of hydrogen-bond donors (Lipinski definition) is 1. The number of amides is 1. The van der Waals surface area contributed by atoms with Gasteiger partial charge in [0, 0.05) is 18.3 Å². The van der Waals surface area contributed by atoms with E-state index in [1.165, 1.54) is 19.2 Å². The second kappa shape index (κ2) is 8.64. The molecule has 0 bridgehead atoms. The van der Waals surface area contributed by atoms with Crippen LogP contribution in [0.1, 0.15) is 5.56 Å². The van der Waals surface area contributed by atoms with E-state index in [4.69, 9.17) is 4.84 Å². The molecule has 1 heterocycles. The van der Waals surface area contributed by atoms with Crippen LogP contribution in [-0.4, -0.2) is 42.6 Å². The predicted octanol–water partition coefficient (Wildman–Crippen LogP) is 4.61. The van der Waals surface area contributed by atoms with Crippen LogP contribution in [0.15, 0.2) is 55.5 Å². The highest BCUT2D eigenvalue weighted by Crippen LogP contribution is 2.33. The van der Waals surface area contributed by atoms with Crippen LogP contribution in [0.5, 0.6) is 11.5 Å². The lowest BCUT2D eigenvalue weighted by Gasteiger charge is -2.19. The average Bonchev–Trinajstić information content (AvgIpc) is 2.70. The number of phenols is 1. The lowest BCUT2D eigenvalue weighted by Crippen LogP contribution is -2.36. The van der Waals surface area contributed by atoms with Gasteiger partial charge in [-0.25, -0.2) is 4.99 Å². The summed E-state index contributed by atoms with van der Waals surface area (Å²) in [6.07, 6.45) is -4.80. The second-order valence-corrected chi connectivity index (χ2v) is 7.65. The molecule has 0 radical (unpaired) electrons. The number of halogens is 5. The smallest absolute Gasteiger partial charge is 0.506 e. The maximum absolute atomic E-state index is 12.5. The van der Waals surface area contributed by atoms with Crippen molar-refractivity contribution in [3.8, 4) is 11.5 Å². The number of carbonyl (C=O) groups is 1. The van der Waals surface area contributed by atoms with E-state index in [2.05, 4.69) is 46.7 Å². The molecule has 2 aromatic carbocycles. The highest BCUT2D eigenvalue weighted by molar-refractivity contribution is 9.11. The highest BCUT2D eigenvalue weighted by Gasteiger charge is 2.31. The standard InChI is InChI=1S/C18H12Br2F3N3O4/c1-26(10-2-4-11(5-3-10)29-18(21,22)23)17(28)16-24-8-14(25-30-16)9-6-12(19)15(27)13(20)7-9/h2-7,27H,8H2,1H3. The summed E-state index contributed by atoms with van der Waals surface area (Å²) in [5, 5.41) is 13.7. The van der Waals surface area contributed by atoms with Crippen molar-refractivity contribution in [3.63, 3.8) is 0 Å². The molecule has 1 N–H and O–H groups in total. The molecule has 12 heteroatoms. The molecule has 0 fully saturated rings. The number of aromatic hydroxyl groups is 1. The monoisotopic (exact) mass is 549 g/mol. The Hall–Kier alpha value is -2.60. The SMILES string of the molecule is CN(C(=O)C1=NCC(c2cc(Br)c(O)c(Br)c2)=NO1)c1ccc(OC(F)(F)F)cc1. The number of carbonyl (C=O) groups excluding carboxylic acids is 1. The Balaban J connectivity index is 1.68. The van der Waals surface area contributed by atoms with Gasteiger partial charge in [0.25, 0.3) is 0 Å². The summed E-state index contributed by atoms with van der Waals surface area (Å²) in [5.74, 6) is -1.27. The first kappa shape index (κ1) is 22.1. The number of likely N-dealkylation sites (N-methyl/N-ethyl adjacent to an activating group) is 1. The van der Waals surface area contributed by atoms with E-state index in [-0.39, 0.29) is 18.2 Å². The van der Waals surface area contributed by atoms with Gasteiger partial charge in [-0.2, -0.15) is 0 Å². The first-order chi connectivity index (χ1) is 14.0. The Labute approximate surface area is 185 Å². The molecule has 0 aliphatic carbocycles. The molecule has 2 aromatic rings. The molecular formula is C18H12Br2F3N3O4. The first-order valence-electron chi connectivity index (χ1n) is 8.16. The normalized spacial score (nSPS) is 13.8. The number of alkyl halides is 3. The van der Waals surface area contributed by atoms with Gasteiger partial charge >= 0.3 is 18.2 Å². The maximum atomic E-state index is 12.5. The van der Waals surface area contributed by atoms with Gasteiger partial charge in [0.2, 0.25) is 0 Å². The Morgan fingerprint density at radius 2 is 1.80 bits per heavy atom. The zero-order chi connectivity index (χ0) is 22.1. The minimum absolute atomic E-state index is 0.0312. The summed E-state index contributed by atoms with van der Waals surface area (Å²) in [4.78, 5) is 22.9. The lowest BCUT2D eigenvalue weighted by atomic mass is 10.1. The zero-order valence-electron chi connectivity index (χ0n) is 15.1. The molecule has 158 valence electrons. The number of rotatable bonds is 4. The summed E-state index contributed by atoms with van der Waals surface area (Å²) in [6.45, 7) is 0.0525. The average molecular weight is 551 g/mol. The fourth-order valence-corrected chi connectivity index (χ4v) is 3.60. The summed E-state index contributed by atoms with van der Waals surface area (Å²) >= 11 is 6.44. The number of aliphatic imine (C=N–C) groups is 1. The molecule has 30 heavy (non-hydrogen) atoms. The lowest BCUT2D eigenvalue weighted by molar-refractivity contribution is -0.274. The van der Waals surface area contributed by atoms with Crippen LogP contribution in [0.4, 0.5) is 18.9 Å². The summed E-state index contributed by atoms with van der Waals surface area (Å²) in [5.41, 5.74) is 1.36. The minimum atomic E-state index is -4.80. The first-order valence-corrected chi connectivity index (χ1v) is 9.74. The van der Waals surface area contributed by atoms with Gasteiger partial charge in [-0.1, -0.05) is 5.16 Å². The molecular weight excluding hydrogens is 539 g/mol. The van der Waals surface area contributed by atoms with Crippen LogP contribution >= 0.6 is 31.9 Å². The van der Waals surface area contributed by atoms with Crippen molar-refractivity contribution < 1.29 is 32.6 Å². The van der Waals surface area contributed by atoms with E-state index < -0.39 is 18.0 Å². The van der Waals surface area contributed by atoms with Gasteiger partial charge in [0.05, 0.1) is 15.5 Å². The quantitative estimate of drug-likeness (QED) is 0.602. The maximum Gasteiger partial charge on any atom is 0.573 e. The van der Waals surface area contributed by atoms with Gasteiger partial charge in [-0.05, 0) is 68.3 Å². The molecule has 0 aromatic heterocycles. The van der Waals surface area contributed by atoms with Crippen LogP contribution in [0.3, 0.4) is 0 Å². The molecule has 0 atom stereocenters. The topological polar surface area (TPSA) is 83.7 Å². The van der Waals surface area contributed by atoms with Crippen LogP contribution in [0.25, 0.3) is 0 Å². The second-order valence-electron chi connectivity index (χ2n) is 5.95. The third-order valence-corrected chi connectivity index (χ3v) is 5.12. The van der Waals surface area contributed by atoms with E-state index >= 15 is 0 Å². The van der Waals surface area contributed by atoms with Crippen LogP contribution in [0.2, 0.25) is 0 Å². The van der Waals surface area contributed by atoms with Crippen molar-refractivity contribution in [2.45, 2.75) is 6.36 Å². The Morgan fingerprint density at radius 1 is 1.20 bits per heavy atom. The number of hydrogen-bond acceptors (Lipinski definition) is 6. The van der Waals surface area contributed by atoms with Gasteiger partial charge < -0.3 is 19.6 Å². The molecule has 7 nitrogen and oxygen atoms in total. The van der Waals surface area contributed by atoms with Crippen molar-refractivity contribution in [2.24, 2.45) is 10.1 Å². The third-order valence-electron chi connectivity index (χ3n) is 3.91. The van der Waals surface area contributed by atoms with Crippen molar-refractivity contribution in [2.75, 3.05) is 18.5 Å². The highest BCUT2D eigenvalue weighted by atomic mass is 79.9. The van der Waals surface area contributed by atoms with Crippen LogP contribution < -0.4 is 9.64 Å². The molecule has 1 aliphatic rings.